The van der Waals surface area contributed by atoms with Crippen molar-refractivity contribution in [1.82, 2.24) is 10.2 Å². The monoisotopic (exact) mass is 332 g/mol. The Morgan fingerprint density at radius 2 is 2.08 bits per heavy atom. The maximum Gasteiger partial charge on any atom is 0.0674 e. The summed E-state index contributed by atoms with van der Waals surface area (Å²) in [6.45, 7) is 11.3. The first-order chi connectivity index (χ1) is 11.6. The molecule has 24 heavy (non-hydrogen) atoms. The van der Waals surface area contributed by atoms with Crippen molar-refractivity contribution in [2.24, 2.45) is 0 Å². The molecule has 1 atom stereocenters. The van der Waals surface area contributed by atoms with Crippen LogP contribution in [-0.4, -0.2) is 49.0 Å². The van der Waals surface area contributed by atoms with Gasteiger partial charge in [0.05, 0.1) is 24.9 Å². The Morgan fingerprint density at radius 1 is 1.29 bits per heavy atom. The van der Waals surface area contributed by atoms with Crippen molar-refractivity contribution in [3.05, 3.63) is 35.4 Å². The molecule has 0 amide bonds. The zero-order valence-corrected chi connectivity index (χ0v) is 15.3. The fourth-order valence-corrected chi connectivity index (χ4v) is 3.62. The highest BCUT2D eigenvalue weighted by atomic mass is 16.5. The van der Waals surface area contributed by atoms with Gasteiger partial charge >= 0.3 is 0 Å². The molecule has 1 saturated heterocycles. The predicted octanol–water partition coefficient (Wildman–Crippen LogP) is 2.95. The van der Waals surface area contributed by atoms with Crippen LogP contribution in [0.2, 0.25) is 0 Å². The highest BCUT2D eigenvalue weighted by Crippen LogP contribution is 2.25. The van der Waals surface area contributed by atoms with Crippen molar-refractivity contribution in [3.8, 4) is 0 Å². The molecule has 0 bridgehead atoms. The summed E-state index contributed by atoms with van der Waals surface area (Å²) in [5.41, 5.74) is 2.78. The third-order valence-corrected chi connectivity index (χ3v) is 4.88. The maximum absolute atomic E-state index is 5.83. The van der Waals surface area contributed by atoms with Gasteiger partial charge in [-0.15, -0.1) is 0 Å². The van der Waals surface area contributed by atoms with Gasteiger partial charge in [-0.3, -0.25) is 4.90 Å². The lowest BCUT2D eigenvalue weighted by Gasteiger charge is -2.37. The minimum Gasteiger partial charge on any atom is -0.376 e. The van der Waals surface area contributed by atoms with Gasteiger partial charge in [0.25, 0.3) is 0 Å². The van der Waals surface area contributed by atoms with E-state index in [-0.39, 0.29) is 0 Å². The van der Waals surface area contributed by atoms with E-state index in [0.717, 1.165) is 45.6 Å². The second kappa shape index (κ2) is 8.43. The topological polar surface area (TPSA) is 33.7 Å². The molecule has 1 aromatic rings. The molecule has 1 aromatic carbocycles. The number of morpholine rings is 1. The van der Waals surface area contributed by atoms with Gasteiger partial charge in [-0.2, -0.15) is 0 Å². The number of benzene rings is 1. The van der Waals surface area contributed by atoms with E-state index in [2.05, 4.69) is 55.3 Å². The molecule has 1 heterocycles. The molecule has 2 aliphatic rings. The maximum atomic E-state index is 5.83. The van der Waals surface area contributed by atoms with Crippen LogP contribution in [0.1, 0.15) is 44.7 Å². The van der Waals surface area contributed by atoms with Crippen LogP contribution in [0.5, 0.6) is 0 Å². The second-order valence-electron chi connectivity index (χ2n) is 7.59. The third-order valence-electron chi connectivity index (χ3n) is 4.88. The summed E-state index contributed by atoms with van der Waals surface area (Å²) in [5.74, 6) is 0. The fraction of sp³-hybridized carbons (Fsp3) is 0.700. The summed E-state index contributed by atoms with van der Waals surface area (Å²) in [4.78, 5) is 2.49. The van der Waals surface area contributed by atoms with Crippen molar-refractivity contribution in [1.29, 1.82) is 0 Å². The van der Waals surface area contributed by atoms with Gasteiger partial charge in [0, 0.05) is 32.2 Å². The summed E-state index contributed by atoms with van der Waals surface area (Å²) in [6.07, 6.45) is 3.43. The lowest BCUT2D eigenvalue weighted by molar-refractivity contribution is -0.0500. The van der Waals surface area contributed by atoms with Gasteiger partial charge in [-0.1, -0.05) is 24.3 Å². The molecule has 1 N–H and O–H groups in total. The highest BCUT2D eigenvalue weighted by molar-refractivity contribution is 5.23. The van der Waals surface area contributed by atoms with E-state index >= 15 is 0 Å². The zero-order chi connectivity index (χ0) is 16.9. The summed E-state index contributed by atoms with van der Waals surface area (Å²) >= 11 is 0. The number of ether oxygens (including phenoxy) is 2. The van der Waals surface area contributed by atoms with Crippen molar-refractivity contribution < 1.29 is 9.47 Å². The van der Waals surface area contributed by atoms with Gasteiger partial charge in [0.15, 0.2) is 0 Å². The summed E-state index contributed by atoms with van der Waals surface area (Å²) < 4.78 is 11.4. The van der Waals surface area contributed by atoms with Crippen molar-refractivity contribution in [2.75, 3.05) is 19.7 Å². The quantitative estimate of drug-likeness (QED) is 0.832. The van der Waals surface area contributed by atoms with E-state index in [1.54, 1.807) is 0 Å². The van der Waals surface area contributed by atoms with Gasteiger partial charge in [-0.05, 0) is 44.7 Å². The Balaban J connectivity index is 1.42. The standard InChI is InChI=1S/C20H32N2O2/c1-15(2)24-20-10-19(11-20)21-12-17-5-4-6-18(9-17)14-22-7-8-23-16(3)13-22/h4-6,9,15-16,19-21H,7-8,10-14H2,1-3H3. The zero-order valence-electron chi connectivity index (χ0n) is 15.3. The largest absolute Gasteiger partial charge is 0.376 e. The Morgan fingerprint density at radius 3 is 2.83 bits per heavy atom. The van der Waals surface area contributed by atoms with Crippen LogP contribution in [0, 0.1) is 0 Å². The molecule has 1 aliphatic heterocycles. The summed E-state index contributed by atoms with van der Waals surface area (Å²) in [6, 6.07) is 9.59. The predicted molar refractivity (Wildman–Crippen MR) is 97.0 cm³/mol. The Hall–Kier alpha value is -0.940. The Bertz CT molecular complexity index is 514. The molecule has 1 unspecified atom stereocenters. The van der Waals surface area contributed by atoms with E-state index in [1.165, 1.54) is 11.1 Å². The van der Waals surface area contributed by atoms with Crippen molar-refractivity contribution in [2.45, 2.75) is 71.1 Å². The number of hydrogen-bond acceptors (Lipinski definition) is 4. The minimum absolute atomic E-state index is 0.343. The van der Waals surface area contributed by atoms with Crippen LogP contribution >= 0.6 is 0 Å². The van der Waals surface area contributed by atoms with Crippen molar-refractivity contribution >= 4 is 0 Å². The molecule has 0 aromatic heterocycles. The summed E-state index contributed by atoms with van der Waals surface area (Å²) in [5, 5.41) is 3.66. The van der Waals surface area contributed by atoms with Gasteiger partial charge < -0.3 is 14.8 Å². The molecule has 4 heteroatoms. The molecule has 2 fully saturated rings. The highest BCUT2D eigenvalue weighted by Gasteiger charge is 2.29. The van der Waals surface area contributed by atoms with Crippen LogP contribution in [0.4, 0.5) is 0 Å². The molecule has 1 aliphatic carbocycles. The molecule has 4 nitrogen and oxygen atoms in total. The Kier molecular flexibility index (Phi) is 6.28. The molecule has 134 valence electrons. The third kappa shape index (κ3) is 5.28. The Labute approximate surface area is 146 Å². The van der Waals surface area contributed by atoms with Crippen LogP contribution in [-0.2, 0) is 22.6 Å². The number of nitrogens with zero attached hydrogens (tertiary/aromatic N) is 1. The molecule has 1 saturated carbocycles. The van der Waals surface area contributed by atoms with E-state index < -0.39 is 0 Å². The van der Waals surface area contributed by atoms with Gasteiger partial charge in [0.1, 0.15) is 0 Å². The molecular weight excluding hydrogens is 300 g/mol. The molecule has 0 radical (unpaired) electrons. The summed E-state index contributed by atoms with van der Waals surface area (Å²) in [7, 11) is 0. The smallest absolute Gasteiger partial charge is 0.0674 e. The molecule has 0 spiro atoms. The molecular formula is C20H32N2O2. The lowest BCUT2D eigenvalue weighted by Crippen LogP contribution is -2.45. The van der Waals surface area contributed by atoms with Gasteiger partial charge in [-0.25, -0.2) is 0 Å². The fourth-order valence-electron chi connectivity index (χ4n) is 3.62. The number of hydrogen-bond donors (Lipinski definition) is 1. The van der Waals surface area contributed by atoms with Crippen LogP contribution in [0.15, 0.2) is 24.3 Å². The normalized spacial score (nSPS) is 28.1. The van der Waals surface area contributed by atoms with E-state index in [1.807, 2.05) is 0 Å². The SMILES string of the molecule is CC(C)OC1CC(NCc2cccc(CN3CCOC(C)C3)c2)C1. The van der Waals surface area contributed by atoms with E-state index in [0.29, 0.717) is 24.4 Å². The van der Waals surface area contributed by atoms with Crippen LogP contribution < -0.4 is 5.32 Å². The first-order valence-electron chi connectivity index (χ1n) is 9.39. The lowest BCUT2D eigenvalue weighted by atomic mass is 9.89. The number of rotatable bonds is 7. The first-order valence-corrected chi connectivity index (χ1v) is 9.39. The van der Waals surface area contributed by atoms with E-state index in [4.69, 9.17) is 9.47 Å². The number of nitrogens with one attached hydrogen (secondary N) is 1. The average Bonchev–Trinajstić information content (AvgIpc) is 2.49. The first kappa shape index (κ1) is 17.9. The van der Waals surface area contributed by atoms with Crippen molar-refractivity contribution in [3.63, 3.8) is 0 Å². The second-order valence-corrected chi connectivity index (χ2v) is 7.59. The van der Waals surface area contributed by atoms with E-state index in [9.17, 15) is 0 Å². The van der Waals surface area contributed by atoms with Gasteiger partial charge in [0.2, 0.25) is 0 Å². The molecule has 3 rings (SSSR count). The van der Waals surface area contributed by atoms with Crippen LogP contribution in [0.3, 0.4) is 0 Å². The average molecular weight is 332 g/mol. The minimum atomic E-state index is 0.343. The van der Waals surface area contributed by atoms with Crippen LogP contribution in [0.25, 0.3) is 0 Å².